The van der Waals surface area contributed by atoms with Gasteiger partial charge in [0.15, 0.2) is 0 Å². The predicted molar refractivity (Wildman–Crippen MR) is 104 cm³/mol. The lowest BCUT2D eigenvalue weighted by atomic mass is 9.96. The molecule has 142 valence electrons. The van der Waals surface area contributed by atoms with E-state index in [9.17, 15) is 24.8 Å². The molecule has 3 heterocycles. The molecule has 4 rings (SSSR count). The zero-order chi connectivity index (χ0) is 19.8. The maximum Gasteiger partial charge on any atom is 0.338 e. The molecule has 1 fully saturated rings. The van der Waals surface area contributed by atoms with Gasteiger partial charge in [0.2, 0.25) is 11.8 Å². The summed E-state index contributed by atoms with van der Waals surface area (Å²) in [5, 5.41) is 18.8. The number of pyridine rings is 1. The van der Waals surface area contributed by atoms with E-state index in [2.05, 4.69) is 11.1 Å². The Balaban J connectivity index is 1.65. The highest BCUT2D eigenvalue weighted by Gasteiger charge is 2.43. The summed E-state index contributed by atoms with van der Waals surface area (Å²) in [6, 6.07) is 5.10. The van der Waals surface area contributed by atoms with Crippen LogP contribution in [-0.4, -0.2) is 33.1 Å². The highest BCUT2D eigenvalue weighted by molar-refractivity contribution is 8.00. The van der Waals surface area contributed by atoms with Crippen LogP contribution in [0, 0.1) is 11.3 Å². The predicted octanol–water partition coefficient (Wildman–Crippen LogP) is 3.02. The molecule has 1 saturated heterocycles. The van der Waals surface area contributed by atoms with Gasteiger partial charge in [0.05, 0.1) is 16.4 Å². The molecule has 0 bridgehead atoms. The van der Waals surface area contributed by atoms with Crippen LogP contribution in [0.5, 0.6) is 0 Å². The minimum Gasteiger partial charge on any atom is -0.478 e. The maximum atomic E-state index is 13.0. The van der Waals surface area contributed by atoms with Crippen molar-refractivity contribution in [1.82, 2.24) is 4.98 Å². The number of fused-ring (bicyclic) bond motifs is 1. The van der Waals surface area contributed by atoms with Crippen molar-refractivity contribution in [3.8, 4) is 6.07 Å². The Morgan fingerprint density at radius 1 is 1.36 bits per heavy atom. The Hall–Kier alpha value is -2.70. The molecular weight excluding hydrogens is 398 g/mol. The van der Waals surface area contributed by atoms with E-state index in [0.717, 1.165) is 52.8 Å². The summed E-state index contributed by atoms with van der Waals surface area (Å²) in [6.07, 6.45) is 5.09. The molecule has 0 spiro atoms. The van der Waals surface area contributed by atoms with Gasteiger partial charge in [0, 0.05) is 17.5 Å². The fraction of sp³-hybridized carbons (Fsp3) is 0.316. The monoisotopic (exact) mass is 413 g/mol. The molecule has 2 aromatic heterocycles. The topological polar surface area (TPSA) is 111 Å². The number of nitriles is 1. The third kappa shape index (κ3) is 3.08. The molecule has 1 aliphatic heterocycles. The van der Waals surface area contributed by atoms with E-state index >= 15 is 0 Å². The number of aryl methyl sites for hydroxylation is 1. The number of aromatic carboxylic acids is 1. The second kappa shape index (κ2) is 7.37. The molecule has 1 unspecified atom stereocenters. The number of amides is 2. The van der Waals surface area contributed by atoms with Gasteiger partial charge in [-0.1, -0.05) is 11.8 Å². The van der Waals surface area contributed by atoms with Crippen molar-refractivity contribution in [3.63, 3.8) is 0 Å². The quantitative estimate of drug-likeness (QED) is 0.767. The van der Waals surface area contributed by atoms with Gasteiger partial charge in [0.25, 0.3) is 0 Å². The van der Waals surface area contributed by atoms with Gasteiger partial charge in [-0.2, -0.15) is 5.26 Å². The second-order valence-electron chi connectivity index (χ2n) is 6.54. The fourth-order valence-electron chi connectivity index (χ4n) is 3.52. The number of carboxylic acid groups (broad SMARTS) is 1. The average molecular weight is 413 g/mol. The molecule has 7 nitrogen and oxygen atoms in total. The SMILES string of the molecule is N#Cc1c(N2C(=O)CC(Sc3ncccc3C(=O)O)C2=O)sc2c1CCCC2. The van der Waals surface area contributed by atoms with Gasteiger partial charge >= 0.3 is 5.97 Å². The van der Waals surface area contributed by atoms with Crippen LogP contribution in [0.1, 0.15) is 45.6 Å². The Morgan fingerprint density at radius 2 is 2.14 bits per heavy atom. The first-order valence-electron chi connectivity index (χ1n) is 8.77. The Bertz CT molecular complexity index is 1040. The number of thiophene rings is 1. The van der Waals surface area contributed by atoms with Crippen molar-refractivity contribution in [3.05, 3.63) is 39.9 Å². The van der Waals surface area contributed by atoms with Crippen LogP contribution in [0.25, 0.3) is 0 Å². The minimum absolute atomic E-state index is 0.00417. The number of thioether (sulfide) groups is 1. The lowest BCUT2D eigenvalue weighted by Crippen LogP contribution is -2.31. The summed E-state index contributed by atoms with van der Waals surface area (Å²) in [5.74, 6) is -1.93. The smallest absolute Gasteiger partial charge is 0.338 e. The lowest BCUT2D eigenvalue weighted by molar-refractivity contribution is -0.121. The zero-order valence-corrected chi connectivity index (χ0v) is 16.3. The summed E-state index contributed by atoms with van der Waals surface area (Å²) < 4.78 is 0. The molecule has 0 aromatic carbocycles. The highest BCUT2D eigenvalue weighted by atomic mass is 32.2. The van der Waals surface area contributed by atoms with Gasteiger partial charge < -0.3 is 5.11 Å². The number of rotatable bonds is 4. The first-order valence-corrected chi connectivity index (χ1v) is 10.5. The minimum atomic E-state index is -1.14. The maximum absolute atomic E-state index is 13.0. The Labute approximate surface area is 169 Å². The summed E-state index contributed by atoms with van der Waals surface area (Å²) >= 11 is 2.33. The number of anilines is 1. The molecule has 1 N–H and O–H groups in total. The second-order valence-corrected chi connectivity index (χ2v) is 8.82. The zero-order valence-electron chi connectivity index (χ0n) is 14.7. The average Bonchev–Trinajstić information content (AvgIpc) is 3.18. The number of carbonyl (C=O) groups excluding carboxylic acids is 2. The van der Waals surface area contributed by atoms with E-state index in [0.29, 0.717) is 10.6 Å². The van der Waals surface area contributed by atoms with Crippen molar-refractivity contribution in [2.75, 3.05) is 4.90 Å². The molecule has 1 aliphatic carbocycles. The standard InChI is InChI=1S/C19H15N3O4S2/c20-9-12-10-4-1-2-6-13(10)28-18(12)22-15(23)8-14(17(22)24)27-16-11(19(25)26)5-3-7-21-16/h3,5,7,14H,1-2,4,6,8H2,(H,25,26). The van der Waals surface area contributed by atoms with E-state index in [1.165, 1.54) is 29.7 Å². The first-order chi connectivity index (χ1) is 13.5. The molecule has 2 aliphatic rings. The van der Waals surface area contributed by atoms with Crippen molar-refractivity contribution in [1.29, 1.82) is 5.26 Å². The molecular formula is C19H15N3O4S2. The van der Waals surface area contributed by atoms with Crippen molar-refractivity contribution < 1.29 is 19.5 Å². The molecule has 2 amide bonds. The third-order valence-electron chi connectivity index (χ3n) is 4.83. The van der Waals surface area contributed by atoms with Gasteiger partial charge in [-0.15, -0.1) is 11.3 Å². The molecule has 1 atom stereocenters. The van der Waals surface area contributed by atoms with E-state index in [1.807, 2.05) is 0 Å². The van der Waals surface area contributed by atoms with Gasteiger partial charge in [-0.3, -0.25) is 9.59 Å². The van der Waals surface area contributed by atoms with Crippen LogP contribution in [0.2, 0.25) is 0 Å². The Morgan fingerprint density at radius 3 is 2.89 bits per heavy atom. The number of nitrogens with zero attached hydrogens (tertiary/aromatic N) is 3. The van der Waals surface area contributed by atoms with Gasteiger partial charge in [-0.25, -0.2) is 14.7 Å². The number of carbonyl (C=O) groups is 3. The first kappa shape index (κ1) is 18.7. The van der Waals surface area contributed by atoms with Crippen molar-refractivity contribution in [2.24, 2.45) is 0 Å². The molecule has 9 heteroatoms. The summed E-state index contributed by atoms with van der Waals surface area (Å²) in [5.41, 5.74) is 1.38. The van der Waals surface area contributed by atoms with Crippen molar-refractivity contribution >= 4 is 45.9 Å². The van der Waals surface area contributed by atoms with E-state index in [1.54, 1.807) is 0 Å². The van der Waals surface area contributed by atoms with Crippen LogP contribution in [-0.2, 0) is 22.4 Å². The Kier molecular flexibility index (Phi) is 4.91. The molecule has 28 heavy (non-hydrogen) atoms. The number of aromatic nitrogens is 1. The van der Waals surface area contributed by atoms with E-state index < -0.39 is 17.1 Å². The normalized spacial score (nSPS) is 18.8. The molecule has 0 saturated carbocycles. The molecule has 2 aromatic rings. The number of hydrogen-bond acceptors (Lipinski definition) is 7. The van der Waals surface area contributed by atoms with Crippen LogP contribution < -0.4 is 4.90 Å². The summed E-state index contributed by atoms with van der Waals surface area (Å²) in [4.78, 5) is 43.2. The summed E-state index contributed by atoms with van der Waals surface area (Å²) in [6.45, 7) is 0. The largest absolute Gasteiger partial charge is 0.478 e. The lowest BCUT2D eigenvalue weighted by Gasteiger charge is -2.14. The van der Waals surface area contributed by atoms with Gasteiger partial charge in [-0.05, 0) is 43.4 Å². The summed E-state index contributed by atoms with van der Waals surface area (Å²) in [7, 11) is 0. The van der Waals surface area contributed by atoms with Crippen LogP contribution in [0.3, 0.4) is 0 Å². The van der Waals surface area contributed by atoms with Gasteiger partial charge in [0.1, 0.15) is 16.1 Å². The third-order valence-corrected chi connectivity index (χ3v) is 7.31. The van der Waals surface area contributed by atoms with Crippen LogP contribution in [0.4, 0.5) is 5.00 Å². The van der Waals surface area contributed by atoms with Crippen LogP contribution in [0.15, 0.2) is 23.4 Å². The number of imide groups is 1. The highest BCUT2D eigenvalue weighted by Crippen LogP contribution is 2.43. The van der Waals surface area contributed by atoms with E-state index in [-0.39, 0.29) is 22.9 Å². The molecule has 0 radical (unpaired) electrons. The van der Waals surface area contributed by atoms with Crippen molar-refractivity contribution in [2.45, 2.75) is 42.4 Å². The van der Waals surface area contributed by atoms with Crippen LogP contribution >= 0.6 is 23.1 Å². The number of hydrogen-bond donors (Lipinski definition) is 1. The van der Waals surface area contributed by atoms with E-state index in [4.69, 9.17) is 0 Å². The fourth-order valence-corrected chi connectivity index (χ4v) is 5.98. The number of carboxylic acids is 1.